The van der Waals surface area contributed by atoms with Crippen LogP contribution in [-0.2, 0) is 4.79 Å². The summed E-state index contributed by atoms with van der Waals surface area (Å²) in [7, 11) is 0. The van der Waals surface area contributed by atoms with Crippen LogP contribution in [0.25, 0.3) is 0 Å². The summed E-state index contributed by atoms with van der Waals surface area (Å²) in [6.45, 7) is 0.205. The number of aliphatic hydroxyl groups excluding tert-OH is 1. The molecule has 2 nitrogen and oxygen atoms in total. The topological polar surface area (TPSA) is 37.3 Å². The molecule has 0 aromatic rings. The van der Waals surface area contributed by atoms with Crippen LogP contribution in [0.3, 0.4) is 0 Å². The van der Waals surface area contributed by atoms with Gasteiger partial charge in [0.2, 0.25) is 0 Å². The number of ketones is 1. The van der Waals surface area contributed by atoms with Crippen LogP contribution in [0.15, 0.2) is 11.6 Å². The van der Waals surface area contributed by atoms with Crippen LogP contribution in [-0.4, -0.2) is 33.1 Å². The average Bonchev–Trinajstić information content (AvgIpc) is 2.75. The van der Waals surface area contributed by atoms with Crippen molar-refractivity contribution in [3.05, 3.63) is 11.6 Å². The molecule has 19 heavy (non-hydrogen) atoms. The first-order valence-electron chi connectivity index (χ1n) is 7.35. The molecule has 1 N–H and O–H groups in total. The van der Waals surface area contributed by atoms with Gasteiger partial charge in [0, 0.05) is 13.0 Å². The SMILES string of the molecule is O=C1CCC2=CC3(CC[C@@]12CCCO)SCCCS3. The lowest BCUT2D eigenvalue weighted by Crippen LogP contribution is -2.37. The molecule has 0 amide bonds. The summed E-state index contributed by atoms with van der Waals surface area (Å²) < 4.78 is 0.265. The Labute approximate surface area is 123 Å². The van der Waals surface area contributed by atoms with Crippen molar-refractivity contribution in [3.8, 4) is 0 Å². The highest BCUT2D eigenvalue weighted by atomic mass is 32.2. The number of aliphatic hydroxyl groups is 1. The lowest BCUT2D eigenvalue weighted by molar-refractivity contribution is -0.125. The van der Waals surface area contributed by atoms with Crippen LogP contribution in [0.2, 0.25) is 0 Å². The number of allylic oxidation sites excluding steroid dienone is 1. The van der Waals surface area contributed by atoms with E-state index in [0.717, 1.165) is 38.5 Å². The third-order valence-electron chi connectivity index (χ3n) is 4.81. The number of carbonyl (C=O) groups is 1. The molecule has 1 heterocycles. The largest absolute Gasteiger partial charge is 0.396 e. The van der Waals surface area contributed by atoms with Crippen LogP contribution < -0.4 is 0 Å². The number of thioether (sulfide) groups is 2. The van der Waals surface area contributed by atoms with E-state index in [4.69, 9.17) is 5.11 Å². The van der Waals surface area contributed by atoms with Gasteiger partial charge in [-0.05, 0) is 50.0 Å². The molecule has 3 aliphatic rings. The molecule has 2 fully saturated rings. The van der Waals surface area contributed by atoms with Crippen LogP contribution in [0.4, 0.5) is 0 Å². The van der Waals surface area contributed by atoms with Crippen LogP contribution in [0.1, 0.15) is 44.9 Å². The summed E-state index contributed by atoms with van der Waals surface area (Å²) in [5, 5.41) is 9.10. The lowest BCUT2D eigenvalue weighted by Gasteiger charge is -2.43. The molecule has 1 aliphatic heterocycles. The van der Waals surface area contributed by atoms with Gasteiger partial charge in [0.15, 0.2) is 0 Å². The minimum Gasteiger partial charge on any atom is -0.396 e. The number of hydrogen-bond donors (Lipinski definition) is 1. The third-order valence-corrected chi connectivity index (χ3v) is 8.12. The van der Waals surface area contributed by atoms with Gasteiger partial charge in [-0.25, -0.2) is 0 Å². The van der Waals surface area contributed by atoms with Crippen molar-refractivity contribution in [2.45, 2.75) is 49.0 Å². The molecule has 0 aromatic heterocycles. The summed E-state index contributed by atoms with van der Waals surface area (Å²) in [5.74, 6) is 2.95. The summed E-state index contributed by atoms with van der Waals surface area (Å²) in [6.07, 6.45) is 9.22. The summed E-state index contributed by atoms with van der Waals surface area (Å²) >= 11 is 4.17. The second-order valence-corrected chi connectivity index (χ2v) is 8.97. The number of rotatable bonds is 3. The molecule has 4 heteroatoms. The van der Waals surface area contributed by atoms with Crippen molar-refractivity contribution in [3.63, 3.8) is 0 Å². The maximum atomic E-state index is 12.4. The Morgan fingerprint density at radius 2 is 2.00 bits per heavy atom. The fourth-order valence-corrected chi connectivity index (χ4v) is 6.99. The number of carbonyl (C=O) groups excluding carboxylic acids is 1. The molecule has 0 bridgehead atoms. The minimum absolute atomic E-state index is 0.188. The molecule has 0 aromatic carbocycles. The van der Waals surface area contributed by atoms with E-state index in [2.05, 4.69) is 29.6 Å². The first kappa shape index (κ1) is 14.0. The molecule has 1 saturated carbocycles. The third kappa shape index (κ3) is 2.40. The summed E-state index contributed by atoms with van der Waals surface area (Å²) in [6, 6.07) is 0. The zero-order chi connectivity index (χ0) is 13.3. The molecule has 2 aliphatic carbocycles. The van der Waals surface area contributed by atoms with Gasteiger partial charge in [0.1, 0.15) is 5.78 Å². The Kier molecular flexibility index (Phi) is 4.03. The number of Topliss-reactive ketones (excluding diaryl/α,β-unsaturated/α-hetero) is 1. The first-order valence-corrected chi connectivity index (χ1v) is 9.32. The van der Waals surface area contributed by atoms with E-state index < -0.39 is 0 Å². The van der Waals surface area contributed by atoms with Gasteiger partial charge in [-0.1, -0.05) is 11.6 Å². The Balaban J connectivity index is 1.87. The molecular weight excluding hydrogens is 276 g/mol. The minimum atomic E-state index is -0.188. The van der Waals surface area contributed by atoms with E-state index in [-0.39, 0.29) is 16.1 Å². The maximum absolute atomic E-state index is 12.4. The molecule has 3 rings (SSSR count). The van der Waals surface area contributed by atoms with Crippen LogP contribution >= 0.6 is 23.5 Å². The quantitative estimate of drug-likeness (QED) is 0.810. The van der Waals surface area contributed by atoms with E-state index in [9.17, 15) is 4.79 Å². The van der Waals surface area contributed by atoms with Crippen molar-refractivity contribution in [2.75, 3.05) is 18.1 Å². The normalized spacial score (nSPS) is 33.3. The van der Waals surface area contributed by atoms with Gasteiger partial charge in [-0.3, -0.25) is 4.79 Å². The van der Waals surface area contributed by atoms with Crippen molar-refractivity contribution in [2.24, 2.45) is 5.41 Å². The Bertz CT molecular complexity index is 399. The molecule has 1 spiro atoms. The Hall–Kier alpha value is 0.0700. The van der Waals surface area contributed by atoms with Crippen LogP contribution in [0, 0.1) is 5.41 Å². The second-order valence-electron chi connectivity index (χ2n) is 5.86. The number of fused-ring (bicyclic) bond motifs is 1. The van der Waals surface area contributed by atoms with E-state index in [0.29, 0.717) is 5.78 Å². The molecule has 0 unspecified atom stereocenters. The van der Waals surface area contributed by atoms with Gasteiger partial charge in [0.25, 0.3) is 0 Å². The van der Waals surface area contributed by atoms with Gasteiger partial charge < -0.3 is 5.11 Å². The highest BCUT2D eigenvalue weighted by molar-refractivity contribution is 8.19. The van der Waals surface area contributed by atoms with Crippen LogP contribution in [0.5, 0.6) is 0 Å². The number of hydrogen-bond acceptors (Lipinski definition) is 4. The monoisotopic (exact) mass is 298 g/mol. The smallest absolute Gasteiger partial charge is 0.143 e. The first-order chi connectivity index (χ1) is 9.21. The molecule has 0 radical (unpaired) electrons. The van der Waals surface area contributed by atoms with Crippen molar-refractivity contribution >= 4 is 29.3 Å². The predicted molar refractivity (Wildman–Crippen MR) is 82.6 cm³/mol. The standard InChI is InChI=1S/C15H22O2S2/c16-8-1-5-14-6-7-15(18-9-2-10-19-15)11-12(14)3-4-13(14)17/h11,16H,1-10H2/t14-/m1/s1. The van der Waals surface area contributed by atoms with E-state index in [1.807, 2.05) is 0 Å². The molecule has 1 atom stereocenters. The predicted octanol–water partition coefficient (Wildman–Crippen LogP) is 3.39. The fraction of sp³-hybridized carbons (Fsp3) is 0.800. The van der Waals surface area contributed by atoms with E-state index in [1.54, 1.807) is 0 Å². The molecule has 1 saturated heterocycles. The average molecular weight is 298 g/mol. The summed E-state index contributed by atoms with van der Waals surface area (Å²) in [4.78, 5) is 12.4. The van der Waals surface area contributed by atoms with Crippen molar-refractivity contribution in [1.29, 1.82) is 0 Å². The highest BCUT2D eigenvalue weighted by Gasteiger charge is 2.51. The molecule has 106 valence electrons. The Morgan fingerprint density at radius 3 is 2.74 bits per heavy atom. The molecular formula is C15H22O2S2. The van der Waals surface area contributed by atoms with E-state index in [1.165, 1.54) is 23.5 Å². The Morgan fingerprint density at radius 1 is 1.21 bits per heavy atom. The van der Waals surface area contributed by atoms with Crippen molar-refractivity contribution in [1.82, 2.24) is 0 Å². The summed E-state index contributed by atoms with van der Waals surface area (Å²) in [5.41, 5.74) is 1.21. The van der Waals surface area contributed by atoms with E-state index >= 15 is 0 Å². The van der Waals surface area contributed by atoms with Gasteiger partial charge in [-0.15, -0.1) is 23.5 Å². The lowest BCUT2D eigenvalue weighted by atomic mass is 9.70. The second kappa shape index (κ2) is 5.45. The highest BCUT2D eigenvalue weighted by Crippen LogP contribution is 2.58. The maximum Gasteiger partial charge on any atom is 0.143 e. The van der Waals surface area contributed by atoms with Gasteiger partial charge >= 0.3 is 0 Å². The van der Waals surface area contributed by atoms with Crippen molar-refractivity contribution < 1.29 is 9.90 Å². The fourth-order valence-electron chi connectivity index (χ4n) is 3.77. The zero-order valence-electron chi connectivity index (χ0n) is 11.3. The van der Waals surface area contributed by atoms with Gasteiger partial charge in [-0.2, -0.15) is 0 Å². The van der Waals surface area contributed by atoms with Gasteiger partial charge in [0.05, 0.1) is 9.49 Å². The zero-order valence-corrected chi connectivity index (χ0v) is 13.0.